The van der Waals surface area contributed by atoms with E-state index in [1.54, 1.807) is 0 Å². The van der Waals surface area contributed by atoms with Gasteiger partial charge in [-0.15, -0.1) is 11.3 Å². The summed E-state index contributed by atoms with van der Waals surface area (Å²) in [5.41, 5.74) is 8.61. The van der Waals surface area contributed by atoms with Gasteiger partial charge in [-0.25, -0.2) is 0 Å². The monoisotopic (exact) mass is 656 g/mol. The maximum Gasteiger partial charge on any atom is 0.137 e. The molecule has 3 nitrogen and oxygen atoms in total. The topological polar surface area (TPSA) is 21.3 Å². The molecule has 3 aromatic heterocycles. The number of para-hydroxylation sites is 2. The largest absolute Gasteiger partial charge is 0.456 e. The third-order valence-corrected chi connectivity index (χ3v) is 11.4. The maximum absolute atomic E-state index is 6.61. The number of furan rings is 1. The average molecular weight is 657 g/mol. The molecule has 4 heteroatoms. The van der Waals surface area contributed by atoms with Gasteiger partial charge in [-0.2, -0.15) is 0 Å². The Morgan fingerprint density at radius 2 is 1.18 bits per heavy atom. The van der Waals surface area contributed by atoms with Crippen LogP contribution in [0.15, 0.2) is 174 Å². The number of rotatable bonds is 4. The second-order valence-corrected chi connectivity index (χ2v) is 14.0. The Balaban J connectivity index is 1.19. The van der Waals surface area contributed by atoms with Crippen molar-refractivity contribution in [2.75, 3.05) is 4.90 Å². The molecule has 11 aromatic rings. The number of fused-ring (bicyclic) bond motifs is 11. The first-order chi connectivity index (χ1) is 24.8. The van der Waals surface area contributed by atoms with Crippen LogP contribution >= 0.6 is 11.3 Å². The summed E-state index contributed by atoms with van der Waals surface area (Å²) >= 11 is 1.85. The molecule has 0 amide bonds. The van der Waals surface area contributed by atoms with Gasteiger partial charge < -0.3 is 13.9 Å². The Morgan fingerprint density at radius 3 is 2.10 bits per heavy atom. The lowest BCUT2D eigenvalue weighted by Crippen LogP contribution is -2.10. The van der Waals surface area contributed by atoms with Crippen molar-refractivity contribution in [1.29, 1.82) is 0 Å². The van der Waals surface area contributed by atoms with Gasteiger partial charge in [0.1, 0.15) is 11.2 Å². The van der Waals surface area contributed by atoms with Gasteiger partial charge in [0.2, 0.25) is 0 Å². The molecule has 3 heterocycles. The van der Waals surface area contributed by atoms with Gasteiger partial charge in [-0.05, 0) is 77.5 Å². The summed E-state index contributed by atoms with van der Waals surface area (Å²) in [6.45, 7) is 0. The van der Waals surface area contributed by atoms with Gasteiger partial charge in [-0.1, -0.05) is 97.1 Å². The number of anilines is 3. The van der Waals surface area contributed by atoms with E-state index in [0.29, 0.717) is 0 Å². The summed E-state index contributed by atoms with van der Waals surface area (Å²) in [5, 5.41) is 9.72. The predicted molar refractivity (Wildman–Crippen MR) is 213 cm³/mol. The molecule has 0 aliphatic rings. The molecular formula is C46H28N2OS. The summed E-state index contributed by atoms with van der Waals surface area (Å²) in [7, 11) is 0. The van der Waals surface area contributed by atoms with Crippen molar-refractivity contribution in [1.82, 2.24) is 4.57 Å². The molecule has 0 fully saturated rings. The Kier molecular flexibility index (Phi) is 5.83. The molecule has 0 unspecified atom stereocenters. The predicted octanol–water partition coefficient (Wildman–Crippen LogP) is 13.7. The molecule has 0 N–H and O–H groups in total. The fourth-order valence-corrected chi connectivity index (χ4v) is 9.17. The van der Waals surface area contributed by atoms with Gasteiger partial charge in [0.05, 0.1) is 21.4 Å². The summed E-state index contributed by atoms with van der Waals surface area (Å²) in [5.74, 6) is 0. The molecule has 234 valence electrons. The van der Waals surface area contributed by atoms with Crippen LogP contribution in [0.4, 0.5) is 17.1 Å². The molecule has 0 atom stereocenters. The van der Waals surface area contributed by atoms with Gasteiger partial charge in [0, 0.05) is 60.1 Å². The zero-order valence-corrected chi connectivity index (χ0v) is 27.7. The summed E-state index contributed by atoms with van der Waals surface area (Å²) < 4.78 is 11.5. The van der Waals surface area contributed by atoms with Crippen molar-refractivity contribution in [2.24, 2.45) is 0 Å². The van der Waals surface area contributed by atoms with E-state index >= 15 is 0 Å². The van der Waals surface area contributed by atoms with E-state index in [1.165, 1.54) is 52.8 Å². The van der Waals surface area contributed by atoms with E-state index in [0.717, 1.165) is 44.7 Å². The smallest absolute Gasteiger partial charge is 0.137 e. The van der Waals surface area contributed by atoms with Gasteiger partial charge >= 0.3 is 0 Å². The summed E-state index contributed by atoms with van der Waals surface area (Å²) in [4.78, 5) is 2.41. The molecule has 50 heavy (non-hydrogen) atoms. The van der Waals surface area contributed by atoms with Crippen LogP contribution in [0.1, 0.15) is 0 Å². The number of nitrogens with zero attached hydrogens (tertiary/aromatic N) is 2. The van der Waals surface area contributed by atoms with Crippen LogP contribution in [0.25, 0.3) is 80.4 Å². The van der Waals surface area contributed by atoms with E-state index in [4.69, 9.17) is 4.42 Å². The Hall–Kier alpha value is -6.36. The molecule has 0 bridgehead atoms. The number of benzene rings is 8. The molecule has 0 aliphatic carbocycles. The highest BCUT2D eigenvalue weighted by Gasteiger charge is 2.22. The van der Waals surface area contributed by atoms with Crippen LogP contribution in [0.2, 0.25) is 0 Å². The van der Waals surface area contributed by atoms with Crippen molar-refractivity contribution >= 4 is 103 Å². The fourth-order valence-electron chi connectivity index (χ4n) is 7.96. The van der Waals surface area contributed by atoms with Crippen LogP contribution in [-0.2, 0) is 0 Å². The Morgan fingerprint density at radius 1 is 0.460 bits per heavy atom. The van der Waals surface area contributed by atoms with E-state index in [9.17, 15) is 0 Å². The van der Waals surface area contributed by atoms with Gasteiger partial charge in [-0.3, -0.25) is 0 Å². The van der Waals surface area contributed by atoms with E-state index in [2.05, 4.69) is 179 Å². The van der Waals surface area contributed by atoms with Crippen LogP contribution < -0.4 is 4.90 Å². The molecular weight excluding hydrogens is 629 g/mol. The van der Waals surface area contributed by atoms with E-state index < -0.39 is 0 Å². The van der Waals surface area contributed by atoms with Crippen molar-refractivity contribution < 1.29 is 4.42 Å². The zero-order chi connectivity index (χ0) is 32.8. The number of hydrogen-bond donors (Lipinski definition) is 0. The second kappa shape index (κ2) is 10.6. The normalized spacial score (nSPS) is 12.0. The first kappa shape index (κ1) is 27.6. The molecule has 0 saturated carbocycles. The number of hydrogen-bond acceptors (Lipinski definition) is 3. The Bertz CT molecular complexity index is 3110. The molecule has 0 radical (unpaired) electrons. The molecule has 0 saturated heterocycles. The minimum absolute atomic E-state index is 0.879. The SMILES string of the molecule is c1ccc(-n2c3ccccc3c3cc(N(c4ccc5c(c4)oc4ccc6ccccc6c45)c4cccc5c4sc4ccccc45)ccc32)cc1. The number of aromatic nitrogens is 1. The first-order valence-corrected chi connectivity index (χ1v) is 17.7. The molecule has 0 spiro atoms. The average Bonchev–Trinajstić information content (AvgIpc) is 3.85. The Labute approximate surface area is 291 Å². The van der Waals surface area contributed by atoms with E-state index in [-0.39, 0.29) is 0 Å². The third-order valence-electron chi connectivity index (χ3n) is 10.2. The fraction of sp³-hybridized carbons (Fsp3) is 0. The number of thiophene rings is 1. The van der Waals surface area contributed by atoms with Gasteiger partial charge in [0.25, 0.3) is 0 Å². The lowest BCUT2D eigenvalue weighted by molar-refractivity contribution is 0.669. The molecule has 8 aromatic carbocycles. The van der Waals surface area contributed by atoms with Crippen molar-refractivity contribution in [3.63, 3.8) is 0 Å². The van der Waals surface area contributed by atoms with Crippen molar-refractivity contribution in [2.45, 2.75) is 0 Å². The quantitative estimate of drug-likeness (QED) is 0.188. The standard InChI is InChI=1S/C46H28N2OS/c1-2-12-30(13-3-1)48-39-18-8-6-15-34(39)38-27-31(23-25-40(38)48)47(41-19-10-17-36-35-16-7-9-20-44(35)50-46(36)41)32-22-24-37-43(28-32)49-42-26-21-29-11-4-5-14-33(29)45(37)42/h1-28H. The van der Waals surface area contributed by atoms with Crippen LogP contribution in [0, 0.1) is 0 Å². The highest BCUT2D eigenvalue weighted by molar-refractivity contribution is 7.26. The second-order valence-electron chi connectivity index (χ2n) is 12.9. The summed E-state index contributed by atoms with van der Waals surface area (Å²) in [6.07, 6.45) is 0. The van der Waals surface area contributed by atoms with Crippen LogP contribution in [-0.4, -0.2) is 4.57 Å². The highest BCUT2D eigenvalue weighted by Crippen LogP contribution is 2.47. The van der Waals surface area contributed by atoms with Gasteiger partial charge in [0.15, 0.2) is 0 Å². The van der Waals surface area contributed by atoms with Crippen LogP contribution in [0.5, 0.6) is 0 Å². The first-order valence-electron chi connectivity index (χ1n) is 16.9. The van der Waals surface area contributed by atoms with Crippen molar-refractivity contribution in [3.05, 3.63) is 170 Å². The molecule has 11 rings (SSSR count). The minimum atomic E-state index is 0.879. The maximum atomic E-state index is 6.61. The highest BCUT2D eigenvalue weighted by atomic mass is 32.1. The van der Waals surface area contributed by atoms with Crippen LogP contribution in [0.3, 0.4) is 0 Å². The lowest BCUT2D eigenvalue weighted by atomic mass is 10.0. The third kappa shape index (κ3) is 3.97. The minimum Gasteiger partial charge on any atom is -0.456 e. The molecule has 0 aliphatic heterocycles. The lowest BCUT2D eigenvalue weighted by Gasteiger charge is -2.26. The van der Waals surface area contributed by atoms with Crippen molar-refractivity contribution in [3.8, 4) is 5.69 Å². The zero-order valence-electron chi connectivity index (χ0n) is 26.9. The van der Waals surface area contributed by atoms with E-state index in [1.807, 2.05) is 11.3 Å². The summed E-state index contributed by atoms with van der Waals surface area (Å²) in [6, 6.07) is 61.2.